The van der Waals surface area contributed by atoms with Crippen molar-refractivity contribution in [2.24, 2.45) is 0 Å². The summed E-state index contributed by atoms with van der Waals surface area (Å²) in [7, 11) is -4.01. The fourth-order valence-corrected chi connectivity index (χ4v) is 3.19. The van der Waals surface area contributed by atoms with E-state index in [9.17, 15) is 18.5 Å². The summed E-state index contributed by atoms with van der Waals surface area (Å²) < 4.78 is 26.5. The van der Waals surface area contributed by atoms with Gasteiger partial charge in [0.05, 0.1) is 10.6 Å². The van der Waals surface area contributed by atoms with E-state index in [2.05, 4.69) is 9.71 Å². The molecule has 0 saturated carbocycles. The van der Waals surface area contributed by atoms with Crippen molar-refractivity contribution < 1.29 is 13.3 Å². The number of hydrogen-bond acceptors (Lipinski definition) is 5. The number of rotatable bonds is 4. The molecule has 21 heavy (non-hydrogen) atoms. The summed E-state index contributed by atoms with van der Waals surface area (Å²) in [4.78, 5) is 13.5. The summed E-state index contributed by atoms with van der Waals surface area (Å²) in [5.41, 5.74) is -0.417. The van der Waals surface area contributed by atoms with E-state index in [1.54, 1.807) is 0 Å². The first-order valence-electron chi connectivity index (χ1n) is 5.38. The first-order valence-corrected chi connectivity index (χ1v) is 7.62. The van der Waals surface area contributed by atoms with Crippen molar-refractivity contribution in [2.75, 3.05) is 4.72 Å². The first kappa shape index (κ1) is 15.5. The van der Waals surface area contributed by atoms with Crippen molar-refractivity contribution in [3.63, 3.8) is 0 Å². The third-order valence-electron chi connectivity index (χ3n) is 2.41. The molecule has 110 valence electrons. The van der Waals surface area contributed by atoms with E-state index in [1.165, 1.54) is 30.5 Å². The van der Waals surface area contributed by atoms with Gasteiger partial charge >= 0.3 is 0 Å². The van der Waals surface area contributed by atoms with Crippen LogP contribution in [0.1, 0.15) is 0 Å². The minimum Gasteiger partial charge on any atom is -0.279 e. The number of nitrogens with one attached hydrogen (secondary N) is 1. The van der Waals surface area contributed by atoms with Gasteiger partial charge in [0.1, 0.15) is 15.1 Å². The molecule has 0 fully saturated rings. The Morgan fingerprint density at radius 1 is 1.24 bits per heavy atom. The van der Waals surface area contributed by atoms with Gasteiger partial charge < -0.3 is 0 Å². The van der Waals surface area contributed by atoms with Gasteiger partial charge in [-0.2, -0.15) is 0 Å². The molecule has 1 aromatic heterocycles. The van der Waals surface area contributed by atoms with Gasteiger partial charge in [-0.15, -0.1) is 0 Å². The quantitative estimate of drug-likeness (QED) is 0.520. The van der Waals surface area contributed by atoms with Crippen LogP contribution in [0.5, 0.6) is 0 Å². The lowest BCUT2D eigenvalue weighted by atomic mass is 10.3. The molecule has 10 heteroatoms. The lowest BCUT2D eigenvalue weighted by Gasteiger charge is -2.09. The molecular formula is C11H7Cl2N3O4S. The minimum absolute atomic E-state index is 0.00832. The molecule has 0 aliphatic heterocycles. The van der Waals surface area contributed by atoms with Crippen molar-refractivity contribution in [3.8, 4) is 0 Å². The largest absolute Gasteiger partial charge is 0.289 e. The van der Waals surface area contributed by atoms with Gasteiger partial charge in [-0.05, 0) is 24.3 Å². The smallest absolute Gasteiger partial charge is 0.279 e. The van der Waals surface area contributed by atoms with Gasteiger partial charge in [-0.1, -0.05) is 23.2 Å². The number of hydrogen-bond donors (Lipinski definition) is 1. The Kier molecular flexibility index (Phi) is 4.31. The lowest BCUT2D eigenvalue weighted by molar-refractivity contribution is -0.384. The fourth-order valence-electron chi connectivity index (χ4n) is 1.50. The molecule has 1 N–H and O–H groups in total. The fraction of sp³-hybridized carbons (Fsp3) is 0. The molecule has 0 radical (unpaired) electrons. The van der Waals surface area contributed by atoms with Crippen LogP contribution in [0.2, 0.25) is 10.2 Å². The average molecular weight is 348 g/mol. The molecule has 0 bridgehead atoms. The Labute approximate surface area is 129 Å². The zero-order chi connectivity index (χ0) is 15.6. The summed E-state index contributed by atoms with van der Waals surface area (Å²) in [6, 6.07) is 6.22. The predicted octanol–water partition coefficient (Wildman–Crippen LogP) is 3.10. The summed E-state index contributed by atoms with van der Waals surface area (Å²) in [6.07, 6.45) is 1.34. The lowest BCUT2D eigenvalue weighted by Crippen LogP contribution is -2.14. The second-order valence-corrected chi connectivity index (χ2v) is 6.24. The zero-order valence-electron chi connectivity index (χ0n) is 10.2. The van der Waals surface area contributed by atoms with Gasteiger partial charge in [0.25, 0.3) is 15.7 Å². The highest BCUT2D eigenvalue weighted by Crippen LogP contribution is 2.29. The number of halogens is 2. The van der Waals surface area contributed by atoms with Gasteiger partial charge in [0.15, 0.2) is 0 Å². The summed E-state index contributed by atoms with van der Waals surface area (Å²) in [5, 5.41) is 10.5. The summed E-state index contributed by atoms with van der Waals surface area (Å²) in [5.74, 6) is 0. The molecule has 1 aromatic carbocycles. The molecule has 0 aliphatic rings. The molecule has 0 aliphatic carbocycles. The number of nitro groups is 1. The predicted molar refractivity (Wildman–Crippen MR) is 78.2 cm³/mol. The van der Waals surface area contributed by atoms with E-state index in [0.717, 1.165) is 6.07 Å². The standard InChI is InChI=1S/C11H7Cl2N3O4S/c12-8-4-3-7(6-9(8)16(17)18)15-21(19,20)10-2-1-5-14-11(10)13/h1-6,15H. The van der Waals surface area contributed by atoms with Gasteiger partial charge in [0.2, 0.25) is 0 Å². The molecule has 2 aromatic rings. The monoisotopic (exact) mass is 347 g/mol. The molecule has 0 saturated heterocycles. The maximum atomic E-state index is 12.2. The summed E-state index contributed by atoms with van der Waals surface area (Å²) >= 11 is 11.4. The topological polar surface area (TPSA) is 102 Å². The highest BCUT2D eigenvalue weighted by Gasteiger charge is 2.20. The SMILES string of the molecule is O=[N+]([O-])c1cc(NS(=O)(=O)c2cccnc2Cl)ccc1Cl. The number of nitrogens with zero attached hydrogens (tertiary/aromatic N) is 2. The first-order chi connectivity index (χ1) is 9.81. The zero-order valence-corrected chi connectivity index (χ0v) is 12.5. The van der Waals surface area contributed by atoms with Crippen LogP contribution in [-0.2, 0) is 10.0 Å². The number of anilines is 1. The van der Waals surface area contributed by atoms with Crippen LogP contribution in [0.3, 0.4) is 0 Å². The van der Waals surface area contributed by atoms with Crippen LogP contribution in [0.15, 0.2) is 41.4 Å². The average Bonchev–Trinajstić information content (AvgIpc) is 2.40. The van der Waals surface area contributed by atoms with Crippen LogP contribution in [0, 0.1) is 10.1 Å². The van der Waals surface area contributed by atoms with Crippen LogP contribution in [-0.4, -0.2) is 18.3 Å². The maximum absolute atomic E-state index is 12.2. The van der Waals surface area contributed by atoms with E-state index in [-0.39, 0.29) is 20.8 Å². The molecule has 0 unspecified atom stereocenters. The van der Waals surface area contributed by atoms with E-state index >= 15 is 0 Å². The third kappa shape index (κ3) is 3.41. The normalized spacial score (nSPS) is 11.1. The van der Waals surface area contributed by atoms with E-state index in [0.29, 0.717) is 0 Å². The Morgan fingerprint density at radius 2 is 1.95 bits per heavy atom. The van der Waals surface area contributed by atoms with E-state index in [1.807, 2.05) is 0 Å². The van der Waals surface area contributed by atoms with Crippen molar-refractivity contribution in [3.05, 3.63) is 56.8 Å². The Morgan fingerprint density at radius 3 is 2.57 bits per heavy atom. The Balaban J connectivity index is 2.40. The molecular weight excluding hydrogens is 341 g/mol. The minimum atomic E-state index is -4.01. The summed E-state index contributed by atoms with van der Waals surface area (Å²) in [6.45, 7) is 0. The maximum Gasteiger partial charge on any atom is 0.289 e. The Bertz CT molecular complexity index is 811. The van der Waals surface area contributed by atoms with Crippen molar-refractivity contribution in [2.45, 2.75) is 4.90 Å². The van der Waals surface area contributed by atoms with Crippen molar-refractivity contribution in [1.29, 1.82) is 0 Å². The van der Waals surface area contributed by atoms with Crippen LogP contribution >= 0.6 is 23.2 Å². The van der Waals surface area contributed by atoms with Gasteiger partial charge in [-0.3, -0.25) is 14.8 Å². The number of sulfonamides is 1. The molecule has 2 rings (SSSR count). The molecule has 0 spiro atoms. The number of pyridine rings is 1. The van der Waals surface area contributed by atoms with Gasteiger partial charge in [-0.25, -0.2) is 13.4 Å². The molecule has 7 nitrogen and oxygen atoms in total. The van der Waals surface area contributed by atoms with Crippen LogP contribution in [0.25, 0.3) is 0 Å². The second kappa shape index (κ2) is 5.84. The number of aromatic nitrogens is 1. The number of nitro benzene ring substituents is 1. The highest BCUT2D eigenvalue weighted by atomic mass is 35.5. The Hall–Kier alpha value is -1.90. The van der Waals surface area contributed by atoms with Gasteiger partial charge in [0, 0.05) is 12.3 Å². The molecule has 0 amide bonds. The van der Waals surface area contributed by atoms with E-state index < -0.39 is 20.6 Å². The van der Waals surface area contributed by atoms with Crippen LogP contribution in [0.4, 0.5) is 11.4 Å². The second-order valence-electron chi connectivity index (χ2n) is 3.82. The number of benzene rings is 1. The van der Waals surface area contributed by atoms with E-state index in [4.69, 9.17) is 23.2 Å². The van der Waals surface area contributed by atoms with Crippen LogP contribution < -0.4 is 4.72 Å². The molecule has 0 atom stereocenters. The third-order valence-corrected chi connectivity index (χ3v) is 4.56. The molecule has 1 heterocycles. The highest BCUT2D eigenvalue weighted by molar-refractivity contribution is 7.92. The van der Waals surface area contributed by atoms with Crippen molar-refractivity contribution in [1.82, 2.24) is 4.98 Å². The van der Waals surface area contributed by atoms with Crippen molar-refractivity contribution >= 4 is 44.6 Å².